The van der Waals surface area contributed by atoms with Crippen LogP contribution in [0.3, 0.4) is 0 Å². The van der Waals surface area contributed by atoms with Crippen molar-refractivity contribution >= 4 is 11.8 Å². The lowest BCUT2D eigenvalue weighted by Gasteiger charge is -2.16. The molecule has 0 aliphatic rings. The minimum Gasteiger partial charge on any atom is -0.497 e. The van der Waals surface area contributed by atoms with Crippen molar-refractivity contribution in [3.63, 3.8) is 0 Å². The van der Waals surface area contributed by atoms with Gasteiger partial charge in [-0.1, -0.05) is 13.8 Å². The van der Waals surface area contributed by atoms with E-state index in [1.54, 1.807) is 7.11 Å². The van der Waals surface area contributed by atoms with Gasteiger partial charge in [-0.15, -0.1) is 0 Å². The van der Waals surface area contributed by atoms with Gasteiger partial charge in [-0.25, -0.2) is 4.98 Å². The normalized spacial score (nSPS) is 10.7. The van der Waals surface area contributed by atoms with Gasteiger partial charge in [-0.3, -0.25) is 0 Å². The van der Waals surface area contributed by atoms with Crippen molar-refractivity contribution in [1.82, 2.24) is 9.97 Å². The van der Waals surface area contributed by atoms with E-state index in [0.717, 1.165) is 11.3 Å². The molecule has 0 unspecified atom stereocenters. The van der Waals surface area contributed by atoms with E-state index >= 15 is 0 Å². The molecule has 4 N–H and O–H groups in total. The molecule has 0 amide bonds. The van der Waals surface area contributed by atoms with E-state index in [4.69, 9.17) is 20.3 Å². The summed E-state index contributed by atoms with van der Waals surface area (Å²) < 4.78 is 11.1. The van der Waals surface area contributed by atoms with Crippen LogP contribution in [0.1, 0.15) is 25.3 Å². The zero-order valence-electron chi connectivity index (χ0n) is 13.5. The number of nitrogens with zero attached hydrogens (tertiary/aromatic N) is 2. The number of benzene rings is 1. The molecule has 2 rings (SSSR count). The van der Waals surface area contributed by atoms with E-state index in [0.29, 0.717) is 24.0 Å². The highest BCUT2D eigenvalue weighted by molar-refractivity contribution is 5.52. The lowest BCUT2D eigenvalue weighted by molar-refractivity contribution is 0.311. The third-order valence-corrected chi connectivity index (χ3v) is 3.24. The molecule has 2 aromatic rings. The number of aliphatic hydroxyl groups excluding tert-OH is 1. The molecule has 0 atom stereocenters. The van der Waals surface area contributed by atoms with Crippen LogP contribution >= 0.6 is 0 Å². The molecule has 0 aliphatic carbocycles. The van der Waals surface area contributed by atoms with E-state index in [1.165, 1.54) is 6.20 Å². The number of hydrogen-bond donors (Lipinski definition) is 3. The second-order valence-electron chi connectivity index (χ2n) is 5.25. The molecule has 124 valence electrons. The molecule has 1 aromatic carbocycles. The molecule has 0 spiro atoms. The van der Waals surface area contributed by atoms with E-state index in [-0.39, 0.29) is 18.3 Å². The number of aliphatic hydroxyl groups is 1. The second kappa shape index (κ2) is 7.64. The Balaban J connectivity index is 2.25. The summed E-state index contributed by atoms with van der Waals surface area (Å²) in [5, 5.41) is 11.6. The first kappa shape index (κ1) is 16.8. The Morgan fingerprint density at radius 3 is 2.70 bits per heavy atom. The minimum atomic E-state index is -0.00882. The van der Waals surface area contributed by atoms with Crippen LogP contribution < -0.4 is 20.5 Å². The second-order valence-corrected chi connectivity index (χ2v) is 5.25. The van der Waals surface area contributed by atoms with Crippen LogP contribution in [-0.2, 0) is 0 Å². The number of rotatable bonds is 7. The molecule has 0 saturated carbocycles. The molecule has 7 nitrogen and oxygen atoms in total. The van der Waals surface area contributed by atoms with E-state index in [9.17, 15) is 0 Å². The van der Waals surface area contributed by atoms with Crippen LogP contribution in [-0.4, -0.2) is 35.3 Å². The predicted molar refractivity (Wildman–Crippen MR) is 89.2 cm³/mol. The molecular formula is C16H22N4O3. The van der Waals surface area contributed by atoms with E-state index in [1.807, 2.05) is 18.2 Å². The first-order valence-electron chi connectivity index (χ1n) is 7.38. The summed E-state index contributed by atoms with van der Waals surface area (Å²) in [4.78, 5) is 8.23. The lowest BCUT2D eigenvalue weighted by atomic mass is 10.0. The van der Waals surface area contributed by atoms with Crippen molar-refractivity contribution < 1.29 is 14.6 Å². The Hall–Kier alpha value is -2.54. The number of anilines is 2. The van der Waals surface area contributed by atoms with Crippen LogP contribution in [0.25, 0.3) is 0 Å². The van der Waals surface area contributed by atoms with Gasteiger partial charge in [0, 0.05) is 12.1 Å². The maximum absolute atomic E-state index is 8.79. The largest absolute Gasteiger partial charge is 0.497 e. The summed E-state index contributed by atoms with van der Waals surface area (Å²) >= 11 is 0. The van der Waals surface area contributed by atoms with E-state index < -0.39 is 0 Å². The average molecular weight is 318 g/mol. The molecule has 0 saturated heterocycles. The van der Waals surface area contributed by atoms with Crippen molar-refractivity contribution in [1.29, 1.82) is 0 Å². The molecular weight excluding hydrogens is 296 g/mol. The van der Waals surface area contributed by atoms with Gasteiger partial charge in [-0.2, -0.15) is 4.98 Å². The van der Waals surface area contributed by atoms with Crippen molar-refractivity contribution in [2.24, 2.45) is 0 Å². The topological polar surface area (TPSA) is 103 Å². The zero-order valence-corrected chi connectivity index (χ0v) is 13.5. The first-order chi connectivity index (χ1) is 11.0. The predicted octanol–water partition coefficient (Wildman–Crippen LogP) is 2.39. The third-order valence-electron chi connectivity index (χ3n) is 3.24. The van der Waals surface area contributed by atoms with Crippen molar-refractivity contribution in [3.8, 4) is 17.2 Å². The number of nitrogens with one attached hydrogen (secondary N) is 1. The van der Waals surface area contributed by atoms with Gasteiger partial charge in [-0.05, 0) is 24.1 Å². The maximum atomic E-state index is 8.79. The van der Waals surface area contributed by atoms with Crippen LogP contribution in [0, 0.1) is 0 Å². The molecule has 0 fully saturated rings. The fourth-order valence-electron chi connectivity index (χ4n) is 2.03. The summed E-state index contributed by atoms with van der Waals surface area (Å²) in [6, 6.07) is 5.61. The highest BCUT2D eigenvalue weighted by Crippen LogP contribution is 2.34. The monoisotopic (exact) mass is 318 g/mol. The fourth-order valence-corrected chi connectivity index (χ4v) is 2.03. The molecule has 7 heteroatoms. The van der Waals surface area contributed by atoms with Gasteiger partial charge in [0.05, 0.1) is 19.9 Å². The molecule has 0 radical (unpaired) electrons. The molecule has 0 bridgehead atoms. The van der Waals surface area contributed by atoms with Crippen LogP contribution in [0.2, 0.25) is 0 Å². The maximum Gasteiger partial charge on any atom is 0.224 e. The number of nitrogens with two attached hydrogens (primary N) is 1. The Labute approximate surface area is 135 Å². The van der Waals surface area contributed by atoms with Gasteiger partial charge in [0.25, 0.3) is 0 Å². The van der Waals surface area contributed by atoms with Crippen LogP contribution in [0.4, 0.5) is 11.8 Å². The minimum absolute atomic E-state index is 0.00882. The van der Waals surface area contributed by atoms with Crippen molar-refractivity contribution in [3.05, 3.63) is 30.0 Å². The molecule has 0 aliphatic heterocycles. The SMILES string of the molecule is COc1ccc(Oc2cnc(NCCO)nc2N)c(C(C)C)c1. The van der Waals surface area contributed by atoms with Crippen molar-refractivity contribution in [2.75, 3.05) is 31.3 Å². The number of methoxy groups -OCH3 is 1. The average Bonchev–Trinajstić information content (AvgIpc) is 2.55. The summed E-state index contributed by atoms with van der Waals surface area (Å²) in [5.74, 6) is 2.68. The van der Waals surface area contributed by atoms with Gasteiger partial charge in [0.15, 0.2) is 11.6 Å². The Morgan fingerprint density at radius 2 is 2.09 bits per heavy atom. The highest BCUT2D eigenvalue weighted by atomic mass is 16.5. The van der Waals surface area contributed by atoms with Gasteiger partial charge >= 0.3 is 0 Å². The Kier molecular flexibility index (Phi) is 5.59. The standard InChI is InChI=1S/C16H22N4O3/c1-10(2)12-8-11(22-3)4-5-13(12)23-14-9-19-16(18-6-7-21)20-15(14)17/h4-5,8-10,21H,6-7H2,1-3H3,(H3,17,18,19,20). The summed E-state index contributed by atoms with van der Waals surface area (Å²) in [5.41, 5.74) is 6.93. The fraction of sp³-hybridized carbons (Fsp3) is 0.375. The van der Waals surface area contributed by atoms with Gasteiger partial charge < -0.3 is 25.6 Å². The van der Waals surface area contributed by atoms with Crippen LogP contribution in [0.15, 0.2) is 24.4 Å². The van der Waals surface area contributed by atoms with Crippen molar-refractivity contribution in [2.45, 2.75) is 19.8 Å². The number of nitrogen functional groups attached to an aromatic ring is 1. The highest BCUT2D eigenvalue weighted by Gasteiger charge is 2.13. The molecule has 1 heterocycles. The zero-order chi connectivity index (χ0) is 16.8. The van der Waals surface area contributed by atoms with Gasteiger partial charge in [0.2, 0.25) is 5.95 Å². The third kappa shape index (κ3) is 4.23. The quantitative estimate of drug-likeness (QED) is 0.720. The summed E-state index contributed by atoms with van der Waals surface area (Å²) in [6.45, 7) is 4.49. The smallest absolute Gasteiger partial charge is 0.224 e. The van der Waals surface area contributed by atoms with Gasteiger partial charge in [0.1, 0.15) is 11.5 Å². The lowest BCUT2D eigenvalue weighted by Crippen LogP contribution is -2.10. The molecule has 1 aromatic heterocycles. The Morgan fingerprint density at radius 1 is 1.30 bits per heavy atom. The summed E-state index contributed by atoms with van der Waals surface area (Å²) in [6.07, 6.45) is 1.51. The number of aromatic nitrogens is 2. The number of ether oxygens (including phenoxy) is 2. The number of hydrogen-bond acceptors (Lipinski definition) is 7. The molecule has 23 heavy (non-hydrogen) atoms. The van der Waals surface area contributed by atoms with E-state index in [2.05, 4.69) is 29.1 Å². The Bertz CT molecular complexity index is 662. The van der Waals surface area contributed by atoms with Crippen LogP contribution in [0.5, 0.6) is 17.2 Å². The first-order valence-corrected chi connectivity index (χ1v) is 7.38. The summed E-state index contributed by atoms with van der Waals surface area (Å²) in [7, 11) is 1.63.